The van der Waals surface area contributed by atoms with Crippen LogP contribution in [0.4, 0.5) is 0 Å². The predicted molar refractivity (Wildman–Crippen MR) is 60.0 cm³/mol. The van der Waals surface area contributed by atoms with Gasteiger partial charge in [-0.05, 0) is 31.7 Å². The van der Waals surface area contributed by atoms with E-state index in [0.717, 1.165) is 12.0 Å². The van der Waals surface area contributed by atoms with Crippen LogP contribution in [0.25, 0.3) is 0 Å². The maximum atomic E-state index is 12.1. The number of ketones is 1. The van der Waals surface area contributed by atoms with E-state index in [2.05, 4.69) is 20.8 Å². The summed E-state index contributed by atoms with van der Waals surface area (Å²) >= 11 is 1.72. The Labute approximate surface area is 89.1 Å². The van der Waals surface area contributed by atoms with Gasteiger partial charge >= 0.3 is 0 Å². The van der Waals surface area contributed by atoms with Gasteiger partial charge < -0.3 is 0 Å². The second kappa shape index (κ2) is 2.93. The maximum absolute atomic E-state index is 12.1. The first-order valence-corrected chi connectivity index (χ1v) is 5.85. The summed E-state index contributed by atoms with van der Waals surface area (Å²) in [6.45, 7) is 8.45. The number of thiophene rings is 1. The van der Waals surface area contributed by atoms with E-state index in [0.29, 0.717) is 5.78 Å². The minimum atomic E-state index is 0.249. The first-order chi connectivity index (χ1) is 6.42. The molecule has 1 aliphatic carbocycles. The van der Waals surface area contributed by atoms with Crippen molar-refractivity contribution < 1.29 is 4.79 Å². The summed E-state index contributed by atoms with van der Waals surface area (Å²) in [4.78, 5) is 14.5. The van der Waals surface area contributed by atoms with Gasteiger partial charge in [-0.3, -0.25) is 4.79 Å². The smallest absolute Gasteiger partial charge is 0.167 e. The molecular weight excluding hydrogens is 192 g/mol. The van der Waals surface area contributed by atoms with Crippen molar-refractivity contribution in [3.05, 3.63) is 21.4 Å². The van der Waals surface area contributed by atoms with E-state index >= 15 is 0 Å². The minimum Gasteiger partial charge on any atom is -0.294 e. The lowest BCUT2D eigenvalue weighted by Crippen LogP contribution is -2.06. The Hall–Kier alpha value is -0.630. The molecule has 1 saturated carbocycles. The summed E-state index contributed by atoms with van der Waals surface area (Å²) in [5.74, 6) is 0.632. The quantitative estimate of drug-likeness (QED) is 0.679. The van der Waals surface area contributed by atoms with Crippen LogP contribution in [0.3, 0.4) is 0 Å². The van der Waals surface area contributed by atoms with Crippen LogP contribution in [0.2, 0.25) is 0 Å². The molecule has 14 heavy (non-hydrogen) atoms. The third-order valence-electron chi connectivity index (χ3n) is 3.14. The van der Waals surface area contributed by atoms with E-state index in [1.807, 2.05) is 13.0 Å². The Morgan fingerprint density at radius 2 is 2.07 bits per heavy atom. The van der Waals surface area contributed by atoms with Crippen LogP contribution in [0, 0.1) is 25.2 Å². The first-order valence-electron chi connectivity index (χ1n) is 5.03. The highest BCUT2D eigenvalue weighted by atomic mass is 32.1. The van der Waals surface area contributed by atoms with Crippen LogP contribution in [0.1, 0.15) is 40.4 Å². The van der Waals surface area contributed by atoms with Crippen LogP contribution in [-0.4, -0.2) is 5.78 Å². The summed E-state index contributed by atoms with van der Waals surface area (Å²) in [6.07, 6.45) is 1.06. The van der Waals surface area contributed by atoms with Gasteiger partial charge in [0.05, 0.1) is 0 Å². The topological polar surface area (TPSA) is 17.1 Å². The average Bonchev–Trinajstić information content (AvgIpc) is 2.55. The van der Waals surface area contributed by atoms with Gasteiger partial charge in [0.2, 0.25) is 0 Å². The fourth-order valence-corrected chi connectivity index (χ4v) is 2.91. The summed E-state index contributed by atoms with van der Waals surface area (Å²) < 4.78 is 0. The minimum absolute atomic E-state index is 0.249. The van der Waals surface area contributed by atoms with Crippen LogP contribution in [0.15, 0.2) is 6.07 Å². The fourth-order valence-electron chi connectivity index (χ4n) is 1.98. The molecule has 0 radical (unpaired) electrons. The van der Waals surface area contributed by atoms with E-state index in [-0.39, 0.29) is 11.3 Å². The predicted octanol–water partition coefficient (Wildman–Crippen LogP) is 3.59. The molecule has 1 aromatic heterocycles. The second-order valence-electron chi connectivity index (χ2n) is 4.94. The Morgan fingerprint density at radius 3 is 2.43 bits per heavy atom. The SMILES string of the molecule is Cc1cc(C(=O)C2CC2(C)C)c(C)s1. The monoisotopic (exact) mass is 208 g/mol. The Kier molecular flexibility index (Phi) is 2.07. The molecule has 1 aliphatic rings. The van der Waals surface area contributed by atoms with Gasteiger partial charge in [0.1, 0.15) is 0 Å². The van der Waals surface area contributed by atoms with Crippen molar-refractivity contribution in [1.29, 1.82) is 0 Å². The summed E-state index contributed by atoms with van der Waals surface area (Å²) in [5, 5.41) is 0. The van der Waals surface area contributed by atoms with Crippen LogP contribution in [0.5, 0.6) is 0 Å². The number of rotatable bonds is 2. The van der Waals surface area contributed by atoms with Crippen LogP contribution in [-0.2, 0) is 0 Å². The molecule has 0 aromatic carbocycles. The second-order valence-corrected chi connectivity index (χ2v) is 6.40. The Balaban J connectivity index is 2.25. The maximum Gasteiger partial charge on any atom is 0.167 e. The first kappa shape index (κ1) is 9.91. The molecule has 1 aromatic rings. The van der Waals surface area contributed by atoms with Crippen molar-refractivity contribution in [3.63, 3.8) is 0 Å². The fraction of sp³-hybridized carbons (Fsp3) is 0.583. The molecule has 2 heteroatoms. The molecule has 0 aliphatic heterocycles. The van der Waals surface area contributed by atoms with Gasteiger partial charge in [-0.1, -0.05) is 13.8 Å². The largest absolute Gasteiger partial charge is 0.294 e. The molecule has 1 heterocycles. The normalized spacial score (nSPS) is 23.6. The number of aryl methyl sites for hydroxylation is 2. The van der Waals surface area contributed by atoms with Crippen molar-refractivity contribution in [2.75, 3.05) is 0 Å². The van der Waals surface area contributed by atoms with Crippen molar-refractivity contribution in [1.82, 2.24) is 0 Å². The standard InChI is InChI=1S/C12H16OS/c1-7-5-9(8(2)14-7)11(13)10-6-12(10,3)4/h5,10H,6H2,1-4H3. The number of carbonyl (C=O) groups is 1. The number of hydrogen-bond donors (Lipinski definition) is 0. The van der Waals surface area contributed by atoms with Gasteiger partial charge in [0.25, 0.3) is 0 Å². The van der Waals surface area contributed by atoms with Gasteiger partial charge in [-0.15, -0.1) is 11.3 Å². The number of Topliss-reactive ketones (excluding diaryl/α,β-unsaturated/α-hetero) is 1. The highest BCUT2D eigenvalue weighted by molar-refractivity contribution is 7.12. The molecule has 1 unspecified atom stereocenters. The van der Waals surface area contributed by atoms with Crippen molar-refractivity contribution in [2.45, 2.75) is 34.1 Å². The summed E-state index contributed by atoms with van der Waals surface area (Å²) in [7, 11) is 0. The average molecular weight is 208 g/mol. The summed E-state index contributed by atoms with van der Waals surface area (Å²) in [5.41, 5.74) is 1.21. The van der Waals surface area contributed by atoms with Crippen molar-refractivity contribution in [3.8, 4) is 0 Å². The molecule has 0 saturated heterocycles. The Morgan fingerprint density at radius 1 is 1.50 bits per heavy atom. The highest BCUT2D eigenvalue weighted by Crippen LogP contribution is 2.53. The molecule has 2 rings (SSSR count). The highest BCUT2D eigenvalue weighted by Gasteiger charge is 2.50. The number of hydrogen-bond acceptors (Lipinski definition) is 2. The lowest BCUT2D eigenvalue weighted by molar-refractivity contribution is 0.0953. The van der Waals surface area contributed by atoms with Crippen molar-refractivity contribution in [2.24, 2.45) is 11.3 Å². The molecule has 1 fully saturated rings. The van der Waals surface area contributed by atoms with Gasteiger partial charge in [0.15, 0.2) is 5.78 Å². The molecule has 76 valence electrons. The lowest BCUT2D eigenvalue weighted by Gasteiger charge is -2.01. The zero-order valence-corrected chi connectivity index (χ0v) is 9.99. The molecule has 0 N–H and O–H groups in total. The van der Waals surface area contributed by atoms with E-state index in [1.54, 1.807) is 11.3 Å². The zero-order valence-electron chi connectivity index (χ0n) is 9.18. The lowest BCUT2D eigenvalue weighted by atomic mass is 10.0. The van der Waals surface area contributed by atoms with Crippen LogP contribution >= 0.6 is 11.3 Å². The van der Waals surface area contributed by atoms with Gasteiger partial charge in [-0.2, -0.15) is 0 Å². The van der Waals surface area contributed by atoms with E-state index in [4.69, 9.17) is 0 Å². The summed E-state index contributed by atoms with van der Waals surface area (Å²) in [6, 6.07) is 2.04. The van der Waals surface area contributed by atoms with Crippen molar-refractivity contribution >= 4 is 17.1 Å². The van der Waals surface area contributed by atoms with Crippen LogP contribution < -0.4 is 0 Å². The zero-order chi connectivity index (χ0) is 10.5. The van der Waals surface area contributed by atoms with Gasteiger partial charge in [-0.25, -0.2) is 0 Å². The molecule has 1 atom stereocenters. The molecular formula is C12H16OS. The van der Waals surface area contributed by atoms with E-state index in [9.17, 15) is 4.79 Å². The third kappa shape index (κ3) is 1.52. The molecule has 0 amide bonds. The molecule has 0 spiro atoms. The molecule has 1 nitrogen and oxygen atoms in total. The third-order valence-corrected chi connectivity index (χ3v) is 4.10. The van der Waals surface area contributed by atoms with E-state index in [1.165, 1.54) is 9.75 Å². The Bertz CT molecular complexity index is 387. The van der Waals surface area contributed by atoms with Gasteiger partial charge in [0, 0.05) is 21.2 Å². The van der Waals surface area contributed by atoms with E-state index < -0.39 is 0 Å². The molecule has 0 bridgehead atoms. The number of carbonyl (C=O) groups excluding carboxylic acids is 1.